The first kappa shape index (κ1) is 24.1. The number of unbranched alkanes of at least 4 members (excludes halogenated alkanes) is 1. The molecule has 0 radical (unpaired) electrons. The maximum atomic E-state index is 5.61. The molecule has 0 unspecified atom stereocenters. The third-order valence-electron chi connectivity index (χ3n) is 1.98. The second-order valence-electron chi connectivity index (χ2n) is 3.40. The molecule has 0 N–H and O–H groups in total. The van der Waals surface area contributed by atoms with Crippen LogP contribution in [0.2, 0.25) is 6.04 Å². The van der Waals surface area contributed by atoms with Crippen molar-refractivity contribution >= 4 is 8.80 Å². The maximum absolute atomic E-state index is 5.61. The Hall–Kier alpha value is 1.10. The molecule has 0 aliphatic heterocycles. The average molecular weight is 285 g/mol. The monoisotopic (exact) mass is 285 g/mol. The van der Waals surface area contributed by atoms with E-state index in [-0.39, 0.29) is 29.6 Å². The summed E-state index contributed by atoms with van der Waals surface area (Å²) in [7, 11) is -2.36. The van der Waals surface area contributed by atoms with Crippen LogP contribution < -0.4 is 29.6 Å². The Labute approximate surface area is 138 Å². The summed E-state index contributed by atoms with van der Waals surface area (Å²) in [5, 5.41) is 0. The molecular weight excluding hydrogens is 255 g/mol. The van der Waals surface area contributed by atoms with Crippen molar-refractivity contribution in [2.24, 2.45) is 0 Å². The summed E-state index contributed by atoms with van der Waals surface area (Å²) in [5.74, 6) is 0. The second kappa shape index (κ2) is 18.1. The Morgan fingerprint density at radius 1 is 0.944 bits per heavy atom. The Morgan fingerprint density at radius 3 is 1.44 bits per heavy atom. The molecule has 0 aromatic rings. The van der Waals surface area contributed by atoms with Gasteiger partial charge in [-0.3, -0.25) is 0 Å². The summed E-state index contributed by atoms with van der Waals surface area (Å²) >= 11 is 0. The van der Waals surface area contributed by atoms with Crippen LogP contribution in [0.15, 0.2) is 0 Å². The van der Waals surface area contributed by atoms with Crippen LogP contribution >= 0.6 is 0 Å². The SMILES string of the molecule is C[CH-]CC.[CH2-]CC[Si](OCC)(OCC)OCC.[Na+]. The van der Waals surface area contributed by atoms with Gasteiger partial charge in [0.2, 0.25) is 0 Å². The van der Waals surface area contributed by atoms with Gasteiger partial charge in [-0.2, -0.15) is 19.8 Å². The molecule has 0 aliphatic rings. The molecule has 0 atom stereocenters. The van der Waals surface area contributed by atoms with Gasteiger partial charge in [0.05, 0.1) is 0 Å². The normalized spacial score (nSPS) is 10.3. The molecule has 0 amide bonds. The van der Waals surface area contributed by atoms with Crippen LogP contribution in [0.4, 0.5) is 0 Å². The van der Waals surface area contributed by atoms with E-state index in [4.69, 9.17) is 13.3 Å². The van der Waals surface area contributed by atoms with Crippen molar-refractivity contribution in [2.75, 3.05) is 19.8 Å². The number of hydrogen-bond donors (Lipinski definition) is 0. The van der Waals surface area contributed by atoms with Crippen LogP contribution in [0.3, 0.4) is 0 Å². The van der Waals surface area contributed by atoms with Crippen molar-refractivity contribution in [3.63, 3.8) is 0 Å². The predicted molar refractivity (Wildman–Crippen MR) is 75.7 cm³/mol. The molecule has 0 fully saturated rings. The van der Waals surface area contributed by atoms with Gasteiger partial charge in [0.1, 0.15) is 0 Å². The smallest absolute Gasteiger partial charge is 0.374 e. The van der Waals surface area contributed by atoms with Crippen molar-refractivity contribution in [3.05, 3.63) is 13.3 Å². The molecule has 0 bridgehead atoms. The molecule has 5 heteroatoms. The van der Waals surface area contributed by atoms with Crippen LogP contribution in [0.25, 0.3) is 0 Å². The van der Waals surface area contributed by atoms with Crippen LogP contribution in [0.1, 0.15) is 47.5 Å². The third kappa shape index (κ3) is 13.5. The summed E-state index contributed by atoms with van der Waals surface area (Å²) in [4.78, 5) is 0. The molecular formula is C13H30NaO3Si-. The minimum atomic E-state index is -2.36. The summed E-state index contributed by atoms with van der Waals surface area (Å²) < 4.78 is 16.8. The van der Waals surface area contributed by atoms with Crippen LogP contribution in [-0.4, -0.2) is 28.6 Å². The first-order chi connectivity index (χ1) is 8.16. The van der Waals surface area contributed by atoms with Crippen molar-refractivity contribution in [2.45, 2.75) is 53.5 Å². The molecule has 0 aromatic heterocycles. The largest absolute Gasteiger partial charge is 1.00 e. The van der Waals surface area contributed by atoms with E-state index in [1.54, 1.807) is 0 Å². The summed E-state index contributed by atoms with van der Waals surface area (Å²) in [6.45, 7) is 15.8. The zero-order valence-electron chi connectivity index (χ0n) is 13.3. The standard InChI is InChI=1S/C9H21O3Si.C4H9.Na/c1-5-9-13(10-6-2,11-7-3)12-8-4;1-3-4-2;/h1,5-9H2,2-4H3;3H,4H2,1-2H3;/q2*-1;+1. The minimum Gasteiger partial charge on any atom is -0.374 e. The maximum Gasteiger partial charge on any atom is 1.00 e. The molecule has 0 rings (SSSR count). The van der Waals surface area contributed by atoms with Gasteiger partial charge in [-0.1, -0.05) is 6.92 Å². The minimum absolute atomic E-state index is 0. The molecule has 0 saturated carbocycles. The predicted octanol–water partition coefficient (Wildman–Crippen LogP) is 0.884. The molecule has 0 heterocycles. The van der Waals surface area contributed by atoms with Gasteiger partial charge >= 0.3 is 38.4 Å². The zero-order valence-corrected chi connectivity index (χ0v) is 16.3. The third-order valence-corrected chi connectivity index (χ3v) is 5.14. The fourth-order valence-corrected chi connectivity index (χ4v) is 3.65. The Balaban J connectivity index is -0.000000392. The first-order valence-corrected chi connectivity index (χ1v) is 8.58. The van der Waals surface area contributed by atoms with Gasteiger partial charge in [-0.25, -0.2) is 0 Å². The van der Waals surface area contributed by atoms with E-state index in [0.717, 1.165) is 12.5 Å². The van der Waals surface area contributed by atoms with Gasteiger partial charge in [-0.15, -0.1) is 0 Å². The van der Waals surface area contributed by atoms with E-state index in [9.17, 15) is 0 Å². The molecule has 0 saturated heterocycles. The molecule has 3 nitrogen and oxygen atoms in total. The van der Waals surface area contributed by atoms with E-state index in [2.05, 4.69) is 27.2 Å². The van der Waals surface area contributed by atoms with E-state index in [1.807, 2.05) is 20.8 Å². The van der Waals surface area contributed by atoms with Crippen LogP contribution in [0, 0.1) is 13.3 Å². The quantitative estimate of drug-likeness (QED) is 0.465. The van der Waals surface area contributed by atoms with Crippen molar-refractivity contribution < 1.29 is 42.8 Å². The van der Waals surface area contributed by atoms with E-state index in [0.29, 0.717) is 19.8 Å². The molecule has 18 heavy (non-hydrogen) atoms. The van der Waals surface area contributed by atoms with Gasteiger partial charge < -0.3 is 26.6 Å². The van der Waals surface area contributed by atoms with E-state index < -0.39 is 8.80 Å². The number of hydrogen-bond acceptors (Lipinski definition) is 3. The van der Waals surface area contributed by atoms with Crippen molar-refractivity contribution in [1.82, 2.24) is 0 Å². The van der Waals surface area contributed by atoms with Crippen molar-refractivity contribution in [3.8, 4) is 0 Å². The Bertz CT molecular complexity index is 117. The fraction of sp³-hybridized carbons (Fsp3) is 0.846. The van der Waals surface area contributed by atoms with E-state index >= 15 is 0 Å². The second-order valence-corrected chi connectivity index (χ2v) is 6.13. The fourth-order valence-electron chi connectivity index (χ4n) is 1.22. The van der Waals surface area contributed by atoms with Gasteiger partial charge in [-0.05, 0) is 26.8 Å². The van der Waals surface area contributed by atoms with Gasteiger partial charge in [0, 0.05) is 19.8 Å². The van der Waals surface area contributed by atoms with E-state index in [1.165, 1.54) is 6.42 Å². The number of rotatable bonds is 9. The topological polar surface area (TPSA) is 27.7 Å². The van der Waals surface area contributed by atoms with Gasteiger partial charge in [0.25, 0.3) is 0 Å². The summed E-state index contributed by atoms with van der Waals surface area (Å²) in [6, 6.07) is 0.808. The molecule has 0 aliphatic carbocycles. The first-order valence-electron chi connectivity index (χ1n) is 6.65. The average Bonchev–Trinajstić information content (AvgIpc) is 2.31. The summed E-state index contributed by atoms with van der Waals surface area (Å²) in [5.41, 5.74) is 0. The van der Waals surface area contributed by atoms with Crippen LogP contribution in [-0.2, 0) is 13.3 Å². The molecule has 0 spiro atoms. The van der Waals surface area contributed by atoms with Crippen LogP contribution in [0.5, 0.6) is 0 Å². The Morgan fingerprint density at radius 2 is 1.28 bits per heavy atom. The van der Waals surface area contributed by atoms with Crippen molar-refractivity contribution in [1.29, 1.82) is 0 Å². The molecule has 0 aromatic carbocycles. The zero-order chi connectivity index (χ0) is 13.6. The van der Waals surface area contributed by atoms with Gasteiger partial charge in [0.15, 0.2) is 0 Å². The Kier molecular flexibility index (Phi) is 24.3. The summed E-state index contributed by atoms with van der Waals surface area (Å²) in [6.07, 6.45) is 4.12. The molecule has 106 valence electrons.